The predicted molar refractivity (Wildman–Crippen MR) is 107 cm³/mol. The molecule has 0 amide bonds. The Labute approximate surface area is 162 Å². The number of nitrogens with zero attached hydrogens (tertiary/aromatic N) is 3. The Morgan fingerprint density at radius 2 is 1.93 bits per heavy atom. The second kappa shape index (κ2) is 7.54. The average Bonchev–Trinajstić information content (AvgIpc) is 2.73. The van der Waals surface area contributed by atoms with Crippen molar-refractivity contribution < 1.29 is 14.3 Å². The predicted octanol–water partition coefficient (Wildman–Crippen LogP) is 4.90. The van der Waals surface area contributed by atoms with Gasteiger partial charge in [-0.25, -0.2) is 19.2 Å². The van der Waals surface area contributed by atoms with Gasteiger partial charge in [0.2, 0.25) is 0 Å². The first-order chi connectivity index (χ1) is 13.6. The van der Waals surface area contributed by atoms with Crippen molar-refractivity contribution in [2.75, 3.05) is 11.4 Å². The van der Waals surface area contributed by atoms with Crippen molar-refractivity contribution in [2.24, 2.45) is 0 Å². The van der Waals surface area contributed by atoms with Crippen molar-refractivity contribution in [3.8, 4) is 11.3 Å². The number of anilines is 1. The Balaban J connectivity index is 1.92. The number of carboxylic acids is 1. The van der Waals surface area contributed by atoms with Crippen LogP contribution in [0.4, 0.5) is 10.2 Å². The van der Waals surface area contributed by atoms with Gasteiger partial charge in [-0.2, -0.15) is 0 Å². The molecule has 2 heterocycles. The van der Waals surface area contributed by atoms with Crippen molar-refractivity contribution in [1.82, 2.24) is 9.97 Å². The molecule has 1 aliphatic heterocycles. The van der Waals surface area contributed by atoms with Gasteiger partial charge in [-0.05, 0) is 68.1 Å². The number of carbonyl (C=O) groups is 1. The number of benzene rings is 2. The summed E-state index contributed by atoms with van der Waals surface area (Å²) in [5, 5.41) is 9.31. The zero-order valence-corrected chi connectivity index (χ0v) is 15.7. The molecule has 3 aromatic rings. The summed E-state index contributed by atoms with van der Waals surface area (Å²) in [5.41, 5.74) is 2.87. The van der Waals surface area contributed by atoms with Crippen LogP contribution < -0.4 is 4.90 Å². The van der Waals surface area contributed by atoms with E-state index in [9.17, 15) is 14.3 Å². The van der Waals surface area contributed by atoms with E-state index in [-0.39, 0.29) is 11.4 Å². The quantitative estimate of drug-likeness (QED) is 0.698. The lowest BCUT2D eigenvalue weighted by molar-refractivity contribution is 0.0697. The zero-order valence-electron chi connectivity index (χ0n) is 15.7. The second-order valence-electron chi connectivity index (χ2n) is 7.16. The molecule has 1 atom stereocenters. The molecule has 28 heavy (non-hydrogen) atoms. The molecule has 0 aliphatic carbocycles. The lowest BCUT2D eigenvalue weighted by Gasteiger charge is -2.37. The Morgan fingerprint density at radius 1 is 1.14 bits per heavy atom. The van der Waals surface area contributed by atoms with E-state index in [1.165, 1.54) is 24.6 Å². The van der Waals surface area contributed by atoms with Crippen LogP contribution in [0.5, 0.6) is 0 Å². The number of hydrogen-bond acceptors (Lipinski definition) is 4. The average molecular weight is 379 g/mol. The first-order valence-corrected chi connectivity index (χ1v) is 9.64. The zero-order chi connectivity index (χ0) is 19.7. The maximum Gasteiger partial charge on any atom is 0.335 e. The molecule has 0 saturated carbocycles. The number of carboxylic acid groups (broad SMARTS) is 1. The summed E-state index contributed by atoms with van der Waals surface area (Å²) >= 11 is 0. The fraction of sp³-hybridized carbons (Fsp3) is 0.318. The van der Waals surface area contributed by atoms with Gasteiger partial charge in [0.15, 0.2) is 5.82 Å². The lowest BCUT2D eigenvalue weighted by Crippen LogP contribution is -2.40. The van der Waals surface area contributed by atoms with Gasteiger partial charge in [0.05, 0.1) is 16.6 Å². The normalized spacial score (nSPS) is 17.1. The van der Waals surface area contributed by atoms with Gasteiger partial charge >= 0.3 is 5.97 Å². The monoisotopic (exact) mass is 379 g/mol. The summed E-state index contributed by atoms with van der Waals surface area (Å²) in [4.78, 5) is 23.3. The summed E-state index contributed by atoms with van der Waals surface area (Å²) in [6, 6.07) is 11.4. The number of piperidine rings is 1. The van der Waals surface area contributed by atoms with Gasteiger partial charge in [0.25, 0.3) is 0 Å². The molecule has 144 valence electrons. The number of halogens is 1. The van der Waals surface area contributed by atoms with Gasteiger partial charge in [-0.3, -0.25) is 0 Å². The highest BCUT2D eigenvalue weighted by atomic mass is 19.1. The maximum atomic E-state index is 13.4. The third-order valence-electron chi connectivity index (χ3n) is 5.38. The molecule has 0 radical (unpaired) electrons. The molecule has 0 spiro atoms. The van der Waals surface area contributed by atoms with E-state index in [1.807, 2.05) is 0 Å². The Kier molecular flexibility index (Phi) is 4.94. The van der Waals surface area contributed by atoms with Gasteiger partial charge in [-0.1, -0.05) is 6.92 Å². The van der Waals surface area contributed by atoms with Crippen LogP contribution in [0.2, 0.25) is 0 Å². The van der Waals surface area contributed by atoms with Gasteiger partial charge < -0.3 is 10.0 Å². The van der Waals surface area contributed by atoms with Crippen molar-refractivity contribution >= 4 is 22.8 Å². The van der Waals surface area contributed by atoms with Crippen LogP contribution >= 0.6 is 0 Å². The molecule has 1 unspecified atom stereocenters. The minimum absolute atomic E-state index is 0.188. The molecule has 1 aliphatic rings. The highest BCUT2D eigenvalue weighted by Crippen LogP contribution is 2.34. The van der Waals surface area contributed by atoms with Crippen molar-refractivity contribution in [2.45, 2.75) is 38.6 Å². The number of rotatable bonds is 4. The fourth-order valence-corrected chi connectivity index (χ4v) is 3.88. The molecule has 6 heteroatoms. The summed E-state index contributed by atoms with van der Waals surface area (Å²) in [5.74, 6) is -0.542. The number of hydrogen-bond donors (Lipinski definition) is 1. The Bertz CT molecular complexity index is 1020. The van der Waals surface area contributed by atoms with Gasteiger partial charge in [-0.15, -0.1) is 0 Å². The third kappa shape index (κ3) is 3.42. The van der Waals surface area contributed by atoms with E-state index >= 15 is 0 Å². The third-order valence-corrected chi connectivity index (χ3v) is 5.38. The number of aromatic carboxylic acids is 1. The Hall–Kier alpha value is -3.02. The van der Waals surface area contributed by atoms with E-state index in [0.717, 1.165) is 37.2 Å². The molecule has 1 fully saturated rings. The molecular weight excluding hydrogens is 357 g/mol. The van der Waals surface area contributed by atoms with Crippen molar-refractivity contribution in [3.05, 3.63) is 53.8 Å². The summed E-state index contributed by atoms with van der Waals surface area (Å²) < 4.78 is 13.4. The van der Waals surface area contributed by atoms with Gasteiger partial charge in [0, 0.05) is 18.2 Å². The van der Waals surface area contributed by atoms with Crippen molar-refractivity contribution in [3.63, 3.8) is 0 Å². The van der Waals surface area contributed by atoms with Crippen LogP contribution in [0.1, 0.15) is 43.0 Å². The topological polar surface area (TPSA) is 66.3 Å². The van der Waals surface area contributed by atoms with Crippen LogP contribution in [0, 0.1) is 5.82 Å². The molecule has 5 nitrogen and oxygen atoms in total. The van der Waals surface area contributed by atoms with Crippen LogP contribution in [0.15, 0.2) is 42.5 Å². The summed E-state index contributed by atoms with van der Waals surface area (Å²) in [6.45, 7) is 3.04. The van der Waals surface area contributed by atoms with Crippen LogP contribution in [0.25, 0.3) is 22.3 Å². The van der Waals surface area contributed by atoms with E-state index in [0.29, 0.717) is 22.8 Å². The van der Waals surface area contributed by atoms with E-state index < -0.39 is 5.97 Å². The largest absolute Gasteiger partial charge is 0.478 e. The van der Waals surface area contributed by atoms with Crippen LogP contribution in [-0.4, -0.2) is 33.6 Å². The van der Waals surface area contributed by atoms with E-state index in [4.69, 9.17) is 9.97 Å². The molecule has 1 saturated heterocycles. The SMILES string of the molecule is CCC1CCCCN1c1nc2cc(C(=O)O)ccc2nc1-c1ccc(F)cc1. The highest BCUT2D eigenvalue weighted by Gasteiger charge is 2.26. The molecule has 2 aromatic carbocycles. The molecule has 1 N–H and O–H groups in total. The summed E-state index contributed by atoms with van der Waals surface area (Å²) in [6.07, 6.45) is 4.35. The molecule has 1 aromatic heterocycles. The number of fused-ring (bicyclic) bond motifs is 1. The molecule has 0 bridgehead atoms. The number of aromatic nitrogens is 2. The summed E-state index contributed by atoms with van der Waals surface area (Å²) in [7, 11) is 0. The maximum absolute atomic E-state index is 13.4. The second-order valence-corrected chi connectivity index (χ2v) is 7.16. The van der Waals surface area contributed by atoms with Crippen LogP contribution in [0.3, 0.4) is 0 Å². The first-order valence-electron chi connectivity index (χ1n) is 9.64. The smallest absolute Gasteiger partial charge is 0.335 e. The van der Waals surface area contributed by atoms with E-state index in [2.05, 4.69) is 11.8 Å². The first kappa shape index (κ1) is 18.3. The van der Waals surface area contributed by atoms with Crippen LogP contribution in [-0.2, 0) is 0 Å². The lowest BCUT2D eigenvalue weighted by atomic mass is 9.99. The van der Waals surface area contributed by atoms with Gasteiger partial charge in [0.1, 0.15) is 11.5 Å². The fourth-order valence-electron chi connectivity index (χ4n) is 3.88. The van der Waals surface area contributed by atoms with Crippen molar-refractivity contribution in [1.29, 1.82) is 0 Å². The minimum Gasteiger partial charge on any atom is -0.478 e. The Morgan fingerprint density at radius 3 is 2.64 bits per heavy atom. The van der Waals surface area contributed by atoms with E-state index in [1.54, 1.807) is 24.3 Å². The molecule has 4 rings (SSSR count). The molecular formula is C22H22FN3O2. The minimum atomic E-state index is -0.989. The highest BCUT2D eigenvalue weighted by molar-refractivity contribution is 5.93. The standard InChI is InChI=1S/C22H22FN3O2/c1-2-17-5-3-4-12-26(17)21-20(14-6-9-16(23)10-7-14)24-18-11-8-15(22(27)28)13-19(18)25-21/h6-11,13,17H,2-5,12H2,1H3,(H,27,28).